The highest BCUT2D eigenvalue weighted by molar-refractivity contribution is 9.10. The standard InChI is InChI=1S/C19H12BrF4NO3/c1-9-4-16(28-8-10-2-3-11(21)5-13(10)22)17(20)19(27)25(9)18-14(23)6-12(26)7-15(18)24/h2-7,26H,8H2,1H3. The number of aromatic nitrogens is 1. The molecule has 146 valence electrons. The number of rotatable bonds is 4. The van der Waals surface area contributed by atoms with Gasteiger partial charge in [-0.3, -0.25) is 9.36 Å². The van der Waals surface area contributed by atoms with E-state index in [1.54, 1.807) is 0 Å². The van der Waals surface area contributed by atoms with Crippen molar-refractivity contribution in [2.75, 3.05) is 0 Å². The van der Waals surface area contributed by atoms with Gasteiger partial charge in [0.05, 0.1) is 0 Å². The maximum Gasteiger partial charge on any atom is 0.273 e. The number of phenols is 1. The minimum Gasteiger partial charge on any atom is -0.508 e. The van der Waals surface area contributed by atoms with Gasteiger partial charge in [-0.2, -0.15) is 0 Å². The van der Waals surface area contributed by atoms with Gasteiger partial charge in [0.1, 0.15) is 39.9 Å². The van der Waals surface area contributed by atoms with Crippen molar-refractivity contribution < 1.29 is 27.4 Å². The van der Waals surface area contributed by atoms with Crippen LogP contribution < -0.4 is 10.3 Å². The summed E-state index contributed by atoms with van der Waals surface area (Å²) in [4.78, 5) is 12.6. The lowest BCUT2D eigenvalue weighted by Crippen LogP contribution is -2.24. The lowest BCUT2D eigenvalue weighted by molar-refractivity contribution is 0.296. The number of benzene rings is 2. The van der Waals surface area contributed by atoms with Gasteiger partial charge in [-0.1, -0.05) is 0 Å². The third-order valence-electron chi connectivity index (χ3n) is 3.92. The van der Waals surface area contributed by atoms with E-state index >= 15 is 0 Å². The Balaban J connectivity index is 2.01. The van der Waals surface area contributed by atoms with Gasteiger partial charge < -0.3 is 9.84 Å². The van der Waals surface area contributed by atoms with Crippen LogP contribution in [0.5, 0.6) is 11.5 Å². The lowest BCUT2D eigenvalue weighted by atomic mass is 10.2. The predicted molar refractivity (Wildman–Crippen MR) is 96.7 cm³/mol. The molecule has 0 saturated heterocycles. The number of hydrogen-bond donors (Lipinski definition) is 1. The zero-order valence-electron chi connectivity index (χ0n) is 14.3. The van der Waals surface area contributed by atoms with Crippen LogP contribution in [0.4, 0.5) is 17.6 Å². The van der Waals surface area contributed by atoms with Crippen LogP contribution in [0.3, 0.4) is 0 Å². The molecule has 2 aromatic carbocycles. The molecule has 0 unspecified atom stereocenters. The molecule has 0 radical (unpaired) electrons. The van der Waals surface area contributed by atoms with Crippen molar-refractivity contribution in [3.05, 3.63) is 85.8 Å². The summed E-state index contributed by atoms with van der Waals surface area (Å²) in [5.41, 5.74) is -1.28. The molecule has 1 aromatic heterocycles. The van der Waals surface area contributed by atoms with Crippen molar-refractivity contribution in [3.8, 4) is 17.2 Å². The zero-order valence-corrected chi connectivity index (χ0v) is 15.9. The van der Waals surface area contributed by atoms with Crippen molar-refractivity contribution in [3.63, 3.8) is 0 Å². The topological polar surface area (TPSA) is 51.5 Å². The van der Waals surface area contributed by atoms with Crippen molar-refractivity contribution in [1.82, 2.24) is 4.57 Å². The molecule has 1 N–H and O–H groups in total. The first-order valence-electron chi connectivity index (χ1n) is 7.86. The molecular weight excluding hydrogens is 446 g/mol. The van der Waals surface area contributed by atoms with E-state index < -0.39 is 40.3 Å². The van der Waals surface area contributed by atoms with Crippen LogP contribution in [0.25, 0.3) is 5.69 Å². The van der Waals surface area contributed by atoms with Gasteiger partial charge >= 0.3 is 0 Å². The molecule has 0 aliphatic heterocycles. The number of pyridine rings is 1. The van der Waals surface area contributed by atoms with Gasteiger partial charge in [0, 0.05) is 35.5 Å². The Morgan fingerprint density at radius 2 is 1.68 bits per heavy atom. The number of ether oxygens (including phenoxy) is 1. The van der Waals surface area contributed by atoms with Crippen molar-refractivity contribution in [1.29, 1.82) is 0 Å². The van der Waals surface area contributed by atoms with E-state index in [0.717, 1.165) is 10.6 Å². The minimum absolute atomic E-state index is 0.0158. The van der Waals surface area contributed by atoms with E-state index in [2.05, 4.69) is 15.9 Å². The number of halogens is 5. The van der Waals surface area contributed by atoms with E-state index in [9.17, 15) is 27.5 Å². The van der Waals surface area contributed by atoms with Gasteiger partial charge in [0.25, 0.3) is 5.56 Å². The first-order chi connectivity index (χ1) is 13.2. The minimum atomic E-state index is -1.13. The molecule has 4 nitrogen and oxygen atoms in total. The van der Waals surface area contributed by atoms with Gasteiger partial charge in [-0.25, -0.2) is 17.6 Å². The van der Waals surface area contributed by atoms with Crippen LogP contribution in [0, 0.1) is 30.2 Å². The fourth-order valence-corrected chi connectivity index (χ4v) is 3.03. The number of nitrogens with zero attached hydrogens (tertiary/aromatic N) is 1. The molecule has 0 amide bonds. The SMILES string of the molecule is Cc1cc(OCc2ccc(F)cc2F)c(Br)c(=O)n1-c1c(F)cc(O)cc1F. The van der Waals surface area contributed by atoms with E-state index in [4.69, 9.17) is 4.74 Å². The van der Waals surface area contributed by atoms with Crippen molar-refractivity contribution in [2.24, 2.45) is 0 Å². The van der Waals surface area contributed by atoms with Crippen molar-refractivity contribution >= 4 is 15.9 Å². The molecule has 1 heterocycles. The van der Waals surface area contributed by atoms with Crippen LogP contribution in [0.2, 0.25) is 0 Å². The summed E-state index contributed by atoms with van der Waals surface area (Å²) in [6.45, 7) is 1.13. The third-order valence-corrected chi connectivity index (χ3v) is 4.65. The molecule has 3 rings (SSSR count). The van der Waals surface area contributed by atoms with E-state index in [1.807, 2.05) is 0 Å². The highest BCUT2D eigenvalue weighted by Gasteiger charge is 2.20. The smallest absolute Gasteiger partial charge is 0.273 e. The molecular formula is C19H12BrF4NO3. The van der Waals surface area contributed by atoms with Crippen molar-refractivity contribution in [2.45, 2.75) is 13.5 Å². The monoisotopic (exact) mass is 457 g/mol. The average molecular weight is 458 g/mol. The Morgan fingerprint density at radius 1 is 1.04 bits per heavy atom. The van der Waals surface area contributed by atoms with E-state index in [1.165, 1.54) is 19.1 Å². The lowest BCUT2D eigenvalue weighted by Gasteiger charge is -2.16. The summed E-state index contributed by atoms with van der Waals surface area (Å²) in [6, 6.07) is 5.66. The molecule has 3 aromatic rings. The van der Waals surface area contributed by atoms with Crippen LogP contribution in [-0.2, 0) is 6.61 Å². The third kappa shape index (κ3) is 3.75. The first kappa shape index (κ1) is 19.9. The number of phenolic OH excluding ortho intramolecular Hbond substituents is 1. The maximum absolute atomic E-state index is 14.2. The van der Waals surface area contributed by atoms with Gasteiger partial charge in [-0.15, -0.1) is 0 Å². The van der Waals surface area contributed by atoms with Crippen LogP contribution in [-0.4, -0.2) is 9.67 Å². The second kappa shape index (κ2) is 7.67. The van der Waals surface area contributed by atoms with Crippen LogP contribution in [0.15, 0.2) is 45.7 Å². The quantitative estimate of drug-likeness (QED) is 0.575. The molecule has 0 aliphatic rings. The Kier molecular flexibility index (Phi) is 5.46. The van der Waals surface area contributed by atoms with Crippen LogP contribution in [0.1, 0.15) is 11.3 Å². The van der Waals surface area contributed by atoms with Gasteiger partial charge in [0.2, 0.25) is 0 Å². The first-order valence-corrected chi connectivity index (χ1v) is 8.65. The molecule has 0 atom stereocenters. The summed E-state index contributed by atoms with van der Waals surface area (Å²) >= 11 is 3.02. The van der Waals surface area contributed by atoms with Crippen LogP contribution >= 0.6 is 15.9 Å². The largest absolute Gasteiger partial charge is 0.508 e. The second-order valence-corrected chi connectivity index (χ2v) is 6.68. The summed E-state index contributed by atoms with van der Waals surface area (Å²) < 4.78 is 61.1. The molecule has 28 heavy (non-hydrogen) atoms. The highest BCUT2D eigenvalue weighted by Crippen LogP contribution is 2.28. The number of hydrogen-bond acceptors (Lipinski definition) is 3. The Hall–Kier alpha value is -2.81. The summed E-state index contributed by atoms with van der Waals surface area (Å²) in [7, 11) is 0. The normalized spacial score (nSPS) is 10.9. The molecule has 0 aliphatic carbocycles. The molecule has 9 heteroatoms. The van der Waals surface area contributed by atoms with E-state index in [-0.39, 0.29) is 28.1 Å². The summed E-state index contributed by atoms with van der Waals surface area (Å²) in [5, 5.41) is 9.27. The predicted octanol–water partition coefficient (Wildman–Crippen LogP) is 4.75. The molecule has 0 bridgehead atoms. The zero-order chi connectivity index (χ0) is 20.6. The maximum atomic E-state index is 14.2. The fourth-order valence-electron chi connectivity index (χ4n) is 2.62. The second-order valence-electron chi connectivity index (χ2n) is 5.89. The van der Waals surface area contributed by atoms with E-state index in [0.29, 0.717) is 18.2 Å². The van der Waals surface area contributed by atoms with Gasteiger partial charge in [0.15, 0.2) is 11.6 Å². The molecule has 0 spiro atoms. The van der Waals surface area contributed by atoms with Gasteiger partial charge in [-0.05, 0) is 35.0 Å². The average Bonchev–Trinajstić information content (AvgIpc) is 2.60. The molecule has 0 saturated carbocycles. The molecule has 0 fully saturated rings. The number of aryl methyl sites for hydroxylation is 1. The summed E-state index contributed by atoms with van der Waals surface area (Å²) in [5.74, 6) is -4.41. The summed E-state index contributed by atoms with van der Waals surface area (Å²) in [6.07, 6.45) is 0. The fraction of sp³-hybridized carbons (Fsp3) is 0.105. The Morgan fingerprint density at radius 3 is 2.29 bits per heavy atom. The highest BCUT2D eigenvalue weighted by atomic mass is 79.9. The Bertz CT molecular complexity index is 1110. The number of aromatic hydroxyl groups is 1. The Labute approximate surface area is 164 Å².